The number of benzene rings is 1. The normalized spacial score (nSPS) is 16.3. The van der Waals surface area contributed by atoms with Gasteiger partial charge in [0.15, 0.2) is 5.15 Å². The average molecular weight is 547 g/mol. The SMILES string of the molecule is CC1OCc2c1c(N)nc1cc(Cl)c(C(=O)N(Cc3ccc(C#Cc4cn(C)nc4Cl)cn3)C3CC3)cc21. The number of halogens is 2. The number of aryl methyl sites for hydroxylation is 1. The Morgan fingerprint density at radius 3 is 2.76 bits per heavy atom. The van der Waals surface area contributed by atoms with Crippen molar-refractivity contribution >= 4 is 45.8 Å². The van der Waals surface area contributed by atoms with Gasteiger partial charge in [-0.3, -0.25) is 14.5 Å². The van der Waals surface area contributed by atoms with E-state index in [1.165, 1.54) is 0 Å². The molecule has 1 aliphatic heterocycles. The molecule has 2 N–H and O–H groups in total. The number of ether oxygens (including phenoxy) is 1. The highest BCUT2D eigenvalue weighted by molar-refractivity contribution is 6.34. The summed E-state index contributed by atoms with van der Waals surface area (Å²) in [5, 5.41) is 5.64. The van der Waals surface area contributed by atoms with Gasteiger partial charge in [0.2, 0.25) is 0 Å². The van der Waals surface area contributed by atoms with Gasteiger partial charge in [-0.1, -0.05) is 35.0 Å². The van der Waals surface area contributed by atoms with Crippen LogP contribution in [0.4, 0.5) is 5.82 Å². The van der Waals surface area contributed by atoms with Crippen molar-refractivity contribution in [3.05, 3.63) is 80.3 Å². The highest BCUT2D eigenvalue weighted by atomic mass is 35.5. The molecule has 1 saturated carbocycles. The van der Waals surface area contributed by atoms with Gasteiger partial charge in [-0.2, -0.15) is 5.10 Å². The summed E-state index contributed by atoms with van der Waals surface area (Å²) in [6.45, 7) is 2.75. The predicted octanol–water partition coefficient (Wildman–Crippen LogP) is 5.05. The second kappa shape index (κ2) is 9.59. The maximum atomic E-state index is 13.8. The fraction of sp³-hybridized carbons (Fsp3) is 0.286. The zero-order valence-electron chi connectivity index (χ0n) is 20.8. The number of aromatic nitrogens is 4. The summed E-state index contributed by atoms with van der Waals surface area (Å²) in [5.74, 6) is 6.38. The van der Waals surface area contributed by atoms with Gasteiger partial charge < -0.3 is 15.4 Å². The summed E-state index contributed by atoms with van der Waals surface area (Å²) in [5.41, 5.74) is 11.3. The highest BCUT2D eigenvalue weighted by Gasteiger charge is 2.35. The number of pyridine rings is 2. The molecule has 1 atom stereocenters. The first-order valence-electron chi connectivity index (χ1n) is 12.3. The van der Waals surface area contributed by atoms with Gasteiger partial charge in [-0.05, 0) is 49.6 Å². The van der Waals surface area contributed by atoms with E-state index in [2.05, 4.69) is 26.9 Å². The Morgan fingerprint density at radius 2 is 2.08 bits per heavy atom. The number of anilines is 1. The van der Waals surface area contributed by atoms with E-state index in [-0.39, 0.29) is 18.1 Å². The first-order valence-corrected chi connectivity index (χ1v) is 13.0. The monoisotopic (exact) mass is 546 g/mol. The molecule has 1 aromatic carbocycles. The molecule has 192 valence electrons. The number of nitrogens with zero attached hydrogens (tertiary/aromatic N) is 5. The van der Waals surface area contributed by atoms with Crippen LogP contribution < -0.4 is 5.73 Å². The van der Waals surface area contributed by atoms with Crippen LogP contribution in [-0.2, 0) is 24.9 Å². The number of carbonyl (C=O) groups excluding carboxylic acids is 1. The zero-order valence-corrected chi connectivity index (χ0v) is 22.3. The Labute approximate surface area is 229 Å². The molecule has 0 bridgehead atoms. The maximum Gasteiger partial charge on any atom is 0.255 e. The Balaban J connectivity index is 1.27. The van der Waals surface area contributed by atoms with E-state index in [1.807, 2.05) is 30.0 Å². The molecular weight excluding hydrogens is 523 g/mol. The lowest BCUT2D eigenvalue weighted by molar-refractivity contribution is 0.0727. The Kier molecular flexibility index (Phi) is 6.23. The van der Waals surface area contributed by atoms with E-state index >= 15 is 0 Å². The minimum atomic E-state index is -0.139. The molecule has 4 aromatic rings. The lowest BCUT2D eigenvalue weighted by Gasteiger charge is -2.23. The van der Waals surface area contributed by atoms with Crippen molar-refractivity contribution in [2.24, 2.45) is 7.05 Å². The summed E-state index contributed by atoms with van der Waals surface area (Å²) >= 11 is 12.7. The van der Waals surface area contributed by atoms with Gasteiger partial charge >= 0.3 is 0 Å². The van der Waals surface area contributed by atoms with Gasteiger partial charge in [0.1, 0.15) is 5.82 Å². The summed E-state index contributed by atoms with van der Waals surface area (Å²) < 4.78 is 7.42. The molecule has 0 spiro atoms. The van der Waals surface area contributed by atoms with E-state index in [4.69, 9.17) is 33.7 Å². The lowest BCUT2D eigenvalue weighted by atomic mass is 10.00. The standard InChI is InChI=1S/C28H24Cl2N6O2/c1-15-25-22(14-38-15)20-9-21(23(29)10-24(20)33-27(25)31)28(37)36(19-7-8-19)13-18-6-4-16(11-32-18)3-5-17-12-35(2)34-26(17)30/h4,6,9-12,15,19H,7-8,13-14H2,1-2H3,(H2,31,33). The van der Waals surface area contributed by atoms with Gasteiger partial charge in [0.25, 0.3) is 5.91 Å². The third-order valence-electron chi connectivity index (χ3n) is 6.90. The predicted molar refractivity (Wildman–Crippen MR) is 146 cm³/mol. The molecule has 2 aliphatic rings. The van der Waals surface area contributed by atoms with E-state index in [0.29, 0.717) is 45.8 Å². The molecule has 4 heterocycles. The fourth-order valence-electron chi connectivity index (χ4n) is 4.81. The molecule has 1 unspecified atom stereocenters. The molecule has 0 radical (unpaired) electrons. The van der Waals surface area contributed by atoms with Gasteiger partial charge in [0, 0.05) is 42.0 Å². The molecule has 3 aromatic heterocycles. The first-order chi connectivity index (χ1) is 18.3. The smallest absolute Gasteiger partial charge is 0.255 e. The largest absolute Gasteiger partial charge is 0.383 e. The average Bonchev–Trinajstić information content (AvgIpc) is 3.57. The van der Waals surface area contributed by atoms with Crippen LogP contribution in [0, 0.1) is 11.8 Å². The summed E-state index contributed by atoms with van der Waals surface area (Å²) in [6, 6.07) is 7.48. The zero-order chi connectivity index (χ0) is 26.6. The number of nitrogens with two attached hydrogens (primary N) is 1. The van der Waals surface area contributed by atoms with Crippen molar-refractivity contribution in [1.29, 1.82) is 0 Å². The van der Waals surface area contributed by atoms with E-state index in [0.717, 1.165) is 40.6 Å². The lowest BCUT2D eigenvalue weighted by Crippen LogP contribution is -2.33. The van der Waals surface area contributed by atoms with E-state index < -0.39 is 0 Å². The Hall–Kier alpha value is -3.64. The summed E-state index contributed by atoms with van der Waals surface area (Å²) in [7, 11) is 1.79. The molecule has 0 saturated heterocycles. The van der Waals surface area contributed by atoms with E-state index in [1.54, 1.807) is 30.2 Å². The van der Waals surface area contributed by atoms with Crippen LogP contribution in [0.25, 0.3) is 10.9 Å². The number of fused-ring (bicyclic) bond motifs is 3. The minimum Gasteiger partial charge on any atom is -0.383 e. The molecule has 1 fully saturated rings. The Morgan fingerprint density at radius 1 is 1.26 bits per heavy atom. The molecular formula is C28H24Cl2N6O2. The quantitative estimate of drug-likeness (QED) is 0.359. The van der Waals surface area contributed by atoms with Crippen molar-refractivity contribution in [2.45, 2.75) is 45.1 Å². The number of rotatable bonds is 4. The second-order valence-corrected chi connectivity index (χ2v) is 10.4. The Bertz CT molecular complexity index is 1650. The minimum absolute atomic E-state index is 0.131. The summed E-state index contributed by atoms with van der Waals surface area (Å²) in [4.78, 5) is 24.7. The number of hydrogen-bond acceptors (Lipinski definition) is 6. The highest BCUT2D eigenvalue weighted by Crippen LogP contribution is 2.40. The van der Waals surface area contributed by atoms with Crippen LogP contribution in [0.5, 0.6) is 0 Å². The number of carbonyl (C=O) groups is 1. The number of hydrogen-bond donors (Lipinski definition) is 1. The first kappa shape index (κ1) is 24.7. The molecule has 10 heteroatoms. The van der Waals surface area contributed by atoms with Gasteiger partial charge in [0.05, 0.1) is 46.6 Å². The molecule has 1 amide bonds. The van der Waals surface area contributed by atoms with Crippen molar-refractivity contribution in [3.8, 4) is 11.8 Å². The molecule has 38 heavy (non-hydrogen) atoms. The van der Waals surface area contributed by atoms with Crippen LogP contribution in [0.2, 0.25) is 10.2 Å². The third kappa shape index (κ3) is 4.58. The van der Waals surface area contributed by atoms with Crippen molar-refractivity contribution in [2.75, 3.05) is 5.73 Å². The number of amides is 1. The van der Waals surface area contributed by atoms with Crippen molar-refractivity contribution in [3.63, 3.8) is 0 Å². The summed E-state index contributed by atoms with van der Waals surface area (Å²) in [6.07, 6.45) is 5.23. The van der Waals surface area contributed by atoms with Crippen LogP contribution in [-0.4, -0.2) is 36.6 Å². The van der Waals surface area contributed by atoms with Crippen LogP contribution in [0.15, 0.2) is 36.7 Å². The van der Waals surface area contributed by atoms with Gasteiger partial charge in [-0.15, -0.1) is 0 Å². The van der Waals surface area contributed by atoms with Crippen LogP contribution in [0.1, 0.15) is 64.2 Å². The van der Waals surface area contributed by atoms with Crippen LogP contribution >= 0.6 is 23.2 Å². The molecule has 1 aliphatic carbocycles. The number of nitrogen functional groups attached to an aromatic ring is 1. The van der Waals surface area contributed by atoms with Crippen molar-refractivity contribution < 1.29 is 9.53 Å². The topological polar surface area (TPSA) is 99.2 Å². The second-order valence-electron chi connectivity index (χ2n) is 9.65. The third-order valence-corrected chi connectivity index (χ3v) is 7.49. The molecule has 6 rings (SSSR count). The maximum absolute atomic E-state index is 13.8. The van der Waals surface area contributed by atoms with E-state index in [9.17, 15) is 4.79 Å². The van der Waals surface area contributed by atoms with Crippen molar-refractivity contribution in [1.82, 2.24) is 24.6 Å². The molecule has 8 nitrogen and oxygen atoms in total. The van der Waals surface area contributed by atoms with Crippen LogP contribution in [0.3, 0.4) is 0 Å². The van der Waals surface area contributed by atoms with Gasteiger partial charge in [-0.25, -0.2) is 4.98 Å². The fourth-order valence-corrected chi connectivity index (χ4v) is 5.26.